The van der Waals surface area contributed by atoms with E-state index >= 15 is 0 Å². The van der Waals surface area contributed by atoms with E-state index in [0.717, 1.165) is 29.8 Å². The average Bonchev–Trinajstić information content (AvgIpc) is 2.80. The van der Waals surface area contributed by atoms with Crippen molar-refractivity contribution in [2.45, 2.75) is 39.2 Å². The number of hydrogen-bond donors (Lipinski definition) is 1. The molecule has 178 valence electrons. The monoisotopic (exact) mass is 473 g/mol. The Morgan fingerprint density at radius 2 is 1.70 bits per heavy atom. The number of likely N-dealkylation sites (tertiary alicyclic amines) is 1. The maximum Gasteiger partial charge on any atom is 0.255 e. The van der Waals surface area contributed by atoms with Gasteiger partial charge in [0, 0.05) is 13.1 Å². The fraction of sp³-hybridized carbons (Fsp3) is 0.417. The maximum absolute atomic E-state index is 13.1. The summed E-state index contributed by atoms with van der Waals surface area (Å²) in [7, 11) is -3.77. The molecule has 1 saturated heterocycles. The molecule has 1 atom stereocenters. The summed E-state index contributed by atoms with van der Waals surface area (Å²) < 4.78 is 31.6. The van der Waals surface area contributed by atoms with Crippen molar-refractivity contribution in [3.05, 3.63) is 54.1 Å². The number of nitrogens with one attached hydrogen (secondary N) is 1. The van der Waals surface area contributed by atoms with Crippen LogP contribution in [0.3, 0.4) is 0 Å². The molecule has 2 aromatic carbocycles. The molecule has 2 aromatic rings. The number of benzene rings is 2. The van der Waals surface area contributed by atoms with Gasteiger partial charge in [0.05, 0.1) is 29.8 Å². The molecule has 1 aliphatic rings. The number of carbonyl (C=O) groups excluding carboxylic acids is 2. The Balaban J connectivity index is 1.83. The Bertz CT molecular complexity index is 1080. The number of carbonyl (C=O) groups is 2. The van der Waals surface area contributed by atoms with Crippen molar-refractivity contribution in [1.82, 2.24) is 4.90 Å². The number of para-hydroxylation sites is 1. The quantitative estimate of drug-likeness (QED) is 0.633. The number of amides is 2. The van der Waals surface area contributed by atoms with Crippen LogP contribution in [0.2, 0.25) is 0 Å². The lowest BCUT2D eigenvalue weighted by Gasteiger charge is -2.29. The van der Waals surface area contributed by atoms with E-state index in [0.29, 0.717) is 42.4 Å². The van der Waals surface area contributed by atoms with Gasteiger partial charge in [0.25, 0.3) is 5.91 Å². The molecule has 8 nitrogen and oxygen atoms in total. The summed E-state index contributed by atoms with van der Waals surface area (Å²) in [6, 6.07) is 12.3. The van der Waals surface area contributed by atoms with Crippen molar-refractivity contribution in [2.75, 3.05) is 35.6 Å². The summed E-state index contributed by atoms with van der Waals surface area (Å²) in [5.41, 5.74) is 1.11. The van der Waals surface area contributed by atoms with E-state index in [9.17, 15) is 18.0 Å². The molecule has 2 amide bonds. The predicted molar refractivity (Wildman–Crippen MR) is 129 cm³/mol. The predicted octanol–water partition coefficient (Wildman–Crippen LogP) is 3.50. The van der Waals surface area contributed by atoms with Gasteiger partial charge >= 0.3 is 0 Å². The van der Waals surface area contributed by atoms with E-state index in [2.05, 4.69) is 5.32 Å². The van der Waals surface area contributed by atoms with Crippen LogP contribution in [0, 0.1) is 0 Å². The van der Waals surface area contributed by atoms with Gasteiger partial charge in [-0.05, 0) is 69.5 Å². The largest absolute Gasteiger partial charge is 0.494 e. The first-order valence-corrected chi connectivity index (χ1v) is 13.0. The van der Waals surface area contributed by atoms with Gasteiger partial charge in [0.1, 0.15) is 11.8 Å². The van der Waals surface area contributed by atoms with Crippen molar-refractivity contribution in [3.8, 4) is 5.75 Å². The molecular formula is C24H31N3O5S. The first kappa shape index (κ1) is 24.6. The van der Waals surface area contributed by atoms with Gasteiger partial charge in [0.2, 0.25) is 15.9 Å². The summed E-state index contributed by atoms with van der Waals surface area (Å²) in [5, 5.41) is 2.77. The molecule has 0 radical (unpaired) electrons. The van der Waals surface area contributed by atoms with Crippen LogP contribution in [0.15, 0.2) is 48.5 Å². The molecule has 1 heterocycles. The second-order valence-electron chi connectivity index (χ2n) is 8.05. The van der Waals surface area contributed by atoms with Crippen molar-refractivity contribution >= 4 is 33.2 Å². The number of rotatable bonds is 8. The maximum atomic E-state index is 13.1. The highest BCUT2D eigenvalue weighted by atomic mass is 32.2. The standard InChI is InChI=1S/C24H31N3O5S/c1-4-32-20-14-12-19(13-15-20)27(33(3,30)31)18(2)23(28)25-22-11-7-6-10-21(22)24(29)26-16-8-5-9-17-26/h6-7,10-15,18H,4-5,8-9,16-17H2,1-3H3,(H,25,28)/t18-/m0/s1. The van der Waals surface area contributed by atoms with Gasteiger partial charge in [0.15, 0.2) is 0 Å². The summed E-state index contributed by atoms with van der Waals surface area (Å²) in [6.45, 7) is 5.25. The Morgan fingerprint density at radius 3 is 2.30 bits per heavy atom. The number of sulfonamides is 1. The molecule has 1 fully saturated rings. The lowest BCUT2D eigenvalue weighted by atomic mass is 10.1. The van der Waals surface area contributed by atoms with E-state index in [1.54, 1.807) is 53.4 Å². The first-order chi connectivity index (χ1) is 15.7. The molecule has 0 aromatic heterocycles. The van der Waals surface area contributed by atoms with Crippen LogP contribution in [0.25, 0.3) is 0 Å². The Kier molecular flexibility index (Phi) is 7.97. The molecule has 9 heteroatoms. The lowest BCUT2D eigenvalue weighted by Crippen LogP contribution is -2.45. The fourth-order valence-electron chi connectivity index (χ4n) is 3.95. The van der Waals surface area contributed by atoms with E-state index in [1.165, 1.54) is 6.92 Å². The van der Waals surface area contributed by atoms with E-state index < -0.39 is 22.0 Å². The molecule has 0 spiro atoms. The molecule has 0 bridgehead atoms. The van der Waals surface area contributed by atoms with Crippen LogP contribution in [-0.2, 0) is 14.8 Å². The number of hydrogen-bond acceptors (Lipinski definition) is 5. The highest BCUT2D eigenvalue weighted by molar-refractivity contribution is 7.92. The SMILES string of the molecule is CCOc1ccc(N([C@@H](C)C(=O)Nc2ccccc2C(=O)N2CCCCC2)S(C)(=O)=O)cc1. The van der Waals surface area contributed by atoms with Crippen LogP contribution in [0.1, 0.15) is 43.5 Å². The molecule has 1 N–H and O–H groups in total. The summed E-state index contributed by atoms with van der Waals surface area (Å²) >= 11 is 0. The highest BCUT2D eigenvalue weighted by Crippen LogP contribution is 2.25. The van der Waals surface area contributed by atoms with Crippen LogP contribution < -0.4 is 14.4 Å². The second kappa shape index (κ2) is 10.7. The second-order valence-corrected chi connectivity index (χ2v) is 9.91. The van der Waals surface area contributed by atoms with Crippen LogP contribution >= 0.6 is 0 Å². The molecule has 3 rings (SSSR count). The minimum absolute atomic E-state index is 0.135. The molecule has 33 heavy (non-hydrogen) atoms. The number of anilines is 2. The first-order valence-electron chi connectivity index (χ1n) is 11.1. The Labute approximate surface area is 195 Å². The fourth-order valence-corrected chi connectivity index (χ4v) is 5.12. The third kappa shape index (κ3) is 6.04. The lowest BCUT2D eigenvalue weighted by molar-refractivity contribution is -0.116. The number of ether oxygens (including phenoxy) is 1. The minimum atomic E-state index is -3.77. The smallest absolute Gasteiger partial charge is 0.255 e. The zero-order valence-electron chi connectivity index (χ0n) is 19.3. The summed E-state index contributed by atoms with van der Waals surface area (Å²) in [5.74, 6) is -0.0603. The average molecular weight is 474 g/mol. The van der Waals surface area contributed by atoms with Crippen molar-refractivity contribution < 1.29 is 22.7 Å². The van der Waals surface area contributed by atoms with Crippen molar-refractivity contribution in [1.29, 1.82) is 0 Å². The zero-order chi connectivity index (χ0) is 24.0. The molecular weight excluding hydrogens is 442 g/mol. The third-order valence-corrected chi connectivity index (χ3v) is 6.79. The normalized spacial score (nSPS) is 14.9. The Hall–Kier alpha value is -3.07. The highest BCUT2D eigenvalue weighted by Gasteiger charge is 2.30. The minimum Gasteiger partial charge on any atom is -0.494 e. The van der Waals surface area contributed by atoms with Crippen LogP contribution in [0.4, 0.5) is 11.4 Å². The van der Waals surface area contributed by atoms with Gasteiger partial charge in [-0.1, -0.05) is 12.1 Å². The van der Waals surface area contributed by atoms with Crippen molar-refractivity contribution in [3.63, 3.8) is 0 Å². The van der Waals surface area contributed by atoms with Crippen LogP contribution in [-0.4, -0.2) is 57.1 Å². The van der Waals surface area contributed by atoms with Crippen molar-refractivity contribution in [2.24, 2.45) is 0 Å². The van der Waals surface area contributed by atoms with E-state index in [-0.39, 0.29) is 5.91 Å². The Morgan fingerprint density at radius 1 is 1.06 bits per heavy atom. The summed E-state index contributed by atoms with van der Waals surface area (Å²) in [4.78, 5) is 27.9. The van der Waals surface area contributed by atoms with Gasteiger partial charge in [-0.25, -0.2) is 8.42 Å². The number of piperidine rings is 1. The topological polar surface area (TPSA) is 96.0 Å². The molecule has 0 unspecified atom stereocenters. The molecule has 0 aliphatic carbocycles. The zero-order valence-corrected chi connectivity index (χ0v) is 20.1. The third-order valence-electron chi connectivity index (χ3n) is 5.55. The van der Waals surface area contributed by atoms with Crippen LogP contribution in [0.5, 0.6) is 5.75 Å². The van der Waals surface area contributed by atoms with Gasteiger partial charge in [-0.3, -0.25) is 13.9 Å². The van der Waals surface area contributed by atoms with E-state index in [4.69, 9.17) is 4.74 Å². The van der Waals surface area contributed by atoms with Gasteiger partial charge in [-0.2, -0.15) is 0 Å². The molecule has 0 saturated carbocycles. The van der Waals surface area contributed by atoms with Gasteiger partial charge in [-0.15, -0.1) is 0 Å². The molecule has 1 aliphatic heterocycles. The van der Waals surface area contributed by atoms with Gasteiger partial charge < -0.3 is 15.0 Å². The summed E-state index contributed by atoms with van der Waals surface area (Å²) in [6.07, 6.45) is 4.08. The number of nitrogens with zero attached hydrogens (tertiary/aromatic N) is 2. The van der Waals surface area contributed by atoms with E-state index in [1.807, 2.05) is 6.92 Å².